The minimum atomic E-state index is -0.719. The Morgan fingerprint density at radius 2 is 2.21 bits per heavy atom. The quantitative estimate of drug-likeness (QED) is 0.640. The number of ether oxygens (including phenoxy) is 2. The van der Waals surface area contributed by atoms with Crippen molar-refractivity contribution in [2.75, 3.05) is 26.4 Å². The van der Waals surface area contributed by atoms with Crippen LogP contribution in [0, 0.1) is 0 Å². The summed E-state index contributed by atoms with van der Waals surface area (Å²) in [4.78, 5) is 25.2. The topological polar surface area (TPSA) is 81.9 Å². The minimum absolute atomic E-state index is 0.185. The van der Waals surface area contributed by atoms with Gasteiger partial charge in [-0.2, -0.15) is 0 Å². The number of esters is 1. The van der Waals surface area contributed by atoms with Gasteiger partial charge in [0.05, 0.1) is 18.4 Å². The molecule has 1 heterocycles. The van der Waals surface area contributed by atoms with Crippen LogP contribution in [0.3, 0.4) is 0 Å². The fourth-order valence-corrected chi connectivity index (χ4v) is 1.99. The van der Waals surface area contributed by atoms with E-state index in [4.69, 9.17) is 15.2 Å². The molecule has 0 radical (unpaired) electrons. The number of hydrogen-bond acceptors (Lipinski definition) is 5. The minimum Gasteiger partial charge on any atom is -0.495 e. The number of likely N-dealkylation sites (tertiary alicyclic amines) is 1. The number of likely N-dealkylation sites (N-methyl/N-ethyl adjacent to an activating group) is 1. The van der Waals surface area contributed by atoms with Crippen molar-refractivity contribution >= 4 is 17.6 Å². The lowest BCUT2D eigenvalue weighted by Gasteiger charge is -2.13. The molecule has 1 atom stereocenters. The summed E-state index contributed by atoms with van der Waals surface area (Å²) in [7, 11) is 3.15. The van der Waals surface area contributed by atoms with Crippen molar-refractivity contribution < 1.29 is 19.1 Å². The van der Waals surface area contributed by atoms with Gasteiger partial charge in [-0.15, -0.1) is 0 Å². The summed E-state index contributed by atoms with van der Waals surface area (Å²) in [5.41, 5.74) is 6.24. The molecule has 2 rings (SSSR count). The highest BCUT2D eigenvalue weighted by atomic mass is 16.5. The Labute approximate surface area is 111 Å². The van der Waals surface area contributed by atoms with E-state index >= 15 is 0 Å². The second-order valence-electron chi connectivity index (χ2n) is 4.36. The SMILES string of the molecule is COc1cccc(C(=O)OC2CCN(C)C2=O)c1N. The third kappa shape index (κ3) is 2.47. The van der Waals surface area contributed by atoms with Crippen LogP contribution in [0.2, 0.25) is 0 Å². The first kappa shape index (κ1) is 13.2. The van der Waals surface area contributed by atoms with Gasteiger partial charge in [0, 0.05) is 20.0 Å². The van der Waals surface area contributed by atoms with Gasteiger partial charge in [-0.1, -0.05) is 6.07 Å². The average molecular weight is 264 g/mol. The van der Waals surface area contributed by atoms with Crippen molar-refractivity contribution in [2.45, 2.75) is 12.5 Å². The van der Waals surface area contributed by atoms with Crippen LogP contribution >= 0.6 is 0 Å². The van der Waals surface area contributed by atoms with Crippen molar-refractivity contribution in [1.29, 1.82) is 0 Å². The van der Waals surface area contributed by atoms with Gasteiger partial charge in [-0.3, -0.25) is 4.79 Å². The maximum Gasteiger partial charge on any atom is 0.341 e. The van der Waals surface area contributed by atoms with Gasteiger partial charge in [0.2, 0.25) is 0 Å². The number of para-hydroxylation sites is 1. The maximum absolute atomic E-state index is 12.0. The van der Waals surface area contributed by atoms with Crippen LogP contribution in [0.25, 0.3) is 0 Å². The second-order valence-corrected chi connectivity index (χ2v) is 4.36. The van der Waals surface area contributed by atoms with Crippen LogP contribution < -0.4 is 10.5 Å². The van der Waals surface area contributed by atoms with Crippen LogP contribution in [0.1, 0.15) is 16.8 Å². The number of anilines is 1. The van der Waals surface area contributed by atoms with Crippen LogP contribution in [0.15, 0.2) is 18.2 Å². The number of carbonyl (C=O) groups is 2. The number of amides is 1. The predicted octanol–water partition coefficient (Wildman–Crippen LogP) is 0.665. The Morgan fingerprint density at radius 1 is 1.47 bits per heavy atom. The normalized spacial score (nSPS) is 18.5. The van der Waals surface area contributed by atoms with Crippen molar-refractivity contribution in [3.05, 3.63) is 23.8 Å². The maximum atomic E-state index is 12.0. The number of methoxy groups -OCH3 is 1. The molecule has 1 fully saturated rings. The number of nitrogens with zero attached hydrogens (tertiary/aromatic N) is 1. The molecule has 1 aromatic carbocycles. The molecule has 1 aromatic rings. The highest BCUT2D eigenvalue weighted by Crippen LogP contribution is 2.26. The molecule has 6 nitrogen and oxygen atoms in total. The van der Waals surface area contributed by atoms with Gasteiger partial charge in [-0.05, 0) is 12.1 Å². The summed E-state index contributed by atoms with van der Waals surface area (Å²) in [6, 6.07) is 4.85. The Balaban J connectivity index is 2.15. The first-order valence-electron chi connectivity index (χ1n) is 5.93. The molecular weight excluding hydrogens is 248 g/mol. The molecule has 102 valence electrons. The summed E-state index contributed by atoms with van der Waals surface area (Å²) >= 11 is 0. The number of hydrogen-bond donors (Lipinski definition) is 1. The summed E-state index contributed by atoms with van der Waals surface area (Å²) in [5.74, 6) is -0.385. The first-order valence-corrected chi connectivity index (χ1v) is 5.93. The highest BCUT2D eigenvalue weighted by molar-refractivity contribution is 5.98. The van der Waals surface area contributed by atoms with Gasteiger partial charge < -0.3 is 20.1 Å². The Kier molecular flexibility index (Phi) is 3.59. The number of benzene rings is 1. The van der Waals surface area contributed by atoms with Crippen molar-refractivity contribution in [1.82, 2.24) is 4.90 Å². The molecule has 1 unspecified atom stereocenters. The molecular formula is C13H16N2O4. The van der Waals surface area contributed by atoms with E-state index in [1.807, 2.05) is 0 Å². The third-order valence-corrected chi connectivity index (χ3v) is 3.13. The fourth-order valence-electron chi connectivity index (χ4n) is 1.99. The summed E-state index contributed by atoms with van der Waals surface area (Å²) < 4.78 is 10.2. The predicted molar refractivity (Wildman–Crippen MR) is 68.9 cm³/mol. The van der Waals surface area contributed by atoms with Gasteiger partial charge >= 0.3 is 5.97 Å². The van der Waals surface area contributed by atoms with E-state index in [2.05, 4.69) is 0 Å². The van der Waals surface area contributed by atoms with Gasteiger partial charge in [0.1, 0.15) is 5.75 Å². The molecule has 19 heavy (non-hydrogen) atoms. The van der Waals surface area contributed by atoms with Crippen LogP contribution in [-0.4, -0.2) is 43.6 Å². The zero-order valence-corrected chi connectivity index (χ0v) is 10.9. The van der Waals surface area contributed by atoms with E-state index in [0.29, 0.717) is 18.7 Å². The number of nitrogens with two attached hydrogens (primary N) is 1. The Bertz CT molecular complexity index is 515. The van der Waals surface area contributed by atoms with Crippen molar-refractivity contribution in [2.24, 2.45) is 0 Å². The summed E-state index contributed by atoms with van der Waals surface area (Å²) in [5, 5.41) is 0. The summed E-state index contributed by atoms with van der Waals surface area (Å²) in [6.45, 7) is 0.588. The number of carbonyl (C=O) groups excluding carboxylic acids is 2. The molecule has 1 aliphatic rings. The van der Waals surface area contributed by atoms with Crippen molar-refractivity contribution in [3.8, 4) is 5.75 Å². The van der Waals surface area contributed by atoms with Crippen LogP contribution in [0.5, 0.6) is 5.75 Å². The molecule has 1 saturated heterocycles. The number of nitrogen functional groups attached to an aromatic ring is 1. The smallest absolute Gasteiger partial charge is 0.341 e. The van der Waals surface area contributed by atoms with Gasteiger partial charge in [-0.25, -0.2) is 4.79 Å². The zero-order valence-electron chi connectivity index (χ0n) is 10.9. The second kappa shape index (κ2) is 5.17. The molecule has 0 aromatic heterocycles. The van der Waals surface area contributed by atoms with Gasteiger partial charge in [0.15, 0.2) is 6.10 Å². The zero-order chi connectivity index (χ0) is 14.0. The summed E-state index contributed by atoms with van der Waals surface area (Å²) in [6.07, 6.45) is -0.214. The van der Waals surface area contributed by atoms with Gasteiger partial charge in [0.25, 0.3) is 5.91 Å². The van der Waals surface area contributed by atoms with E-state index < -0.39 is 12.1 Å². The lowest BCUT2D eigenvalue weighted by Crippen LogP contribution is -2.29. The highest BCUT2D eigenvalue weighted by Gasteiger charge is 2.33. The average Bonchev–Trinajstić information content (AvgIpc) is 2.71. The molecule has 0 bridgehead atoms. The lowest BCUT2D eigenvalue weighted by atomic mass is 10.1. The monoisotopic (exact) mass is 264 g/mol. The first-order chi connectivity index (χ1) is 9.04. The van der Waals surface area contributed by atoms with Crippen LogP contribution in [0.4, 0.5) is 5.69 Å². The van der Waals surface area contributed by atoms with E-state index in [-0.39, 0.29) is 17.2 Å². The van der Waals surface area contributed by atoms with E-state index in [1.54, 1.807) is 25.2 Å². The van der Waals surface area contributed by atoms with E-state index in [9.17, 15) is 9.59 Å². The molecule has 0 aliphatic carbocycles. The molecule has 0 spiro atoms. The molecule has 2 N–H and O–H groups in total. The third-order valence-electron chi connectivity index (χ3n) is 3.13. The largest absolute Gasteiger partial charge is 0.495 e. The molecule has 0 saturated carbocycles. The van der Waals surface area contributed by atoms with E-state index in [0.717, 1.165) is 0 Å². The standard InChI is InChI=1S/C13H16N2O4/c1-15-7-6-10(12(15)16)19-13(17)8-4-3-5-9(18-2)11(8)14/h3-5,10H,6-7,14H2,1-2H3. The Hall–Kier alpha value is -2.24. The number of rotatable bonds is 3. The molecule has 6 heteroatoms. The molecule has 1 aliphatic heterocycles. The van der Waals surface area contributed by atoms with E-state index in [1.165, 1.54) is 12.0 Å². The van der Waals surface area contributed by atoms with Crippen LogP contribution in [-0.2, 0) is 9.53 Å². The Morgan fingerprint density at radius 3 is 2.79 bits per heavy atom. The molecule has 1 amide bonds. The van der Waals surface area contributed by atoms with Crippen molar-refractivity contribution in [3.63, 3.8) is 0 Å². The fraction of sp³-hybridized carbons (Fsp3) is 0.385. The lowest BCUT2D eigenvalue weighted by molar-refractivity contribution is -0.133.